The normalized spacial score (nSPS) is 23.6. The summed E-state index contributed by atoms with van der Waals surface area (Å²) in [6.45, 7) is 7.69. The van der Waals surface area contributed by atoms with Crippen molar-refractivity contribution in [1.29, 1.82) is 0 Å². The summed E-state index contributed by atoms with van der Waals surface area (Å²) >= 11 is 0. The van der Waals surface area contributed by atoms with Crippen LogP contribution >= 0.6 is 0 Å². The van der Waals surface area contributed by atoms with E-state index in [1.54, 1.807) is 0 Å². The molecule has 0 saturated carbocycles. The number of benzene rings is 1. The van der Waals surface area contributed by atoms with Crippen LogP contribution in [0.15, 0.2) is 30.3 Å². The number of hydrogen-bond acceptors (Lipinski definition) is 3. The molecule has 4 heteroatoms. The summed E-state index contributed by atoms with van der Waals surface area (Å²) in [5.41, 5.74) is 1.29. The Kier molecular flexibility index (Phi) is 4.98. The number of hydrogen-bond donors (Lipinski definition) is 0. The molecule has 0 bridgehead atoms. The first-order valence-electron chi connectivity index (χ1n) is 8.56. The maximum absolute atomic E-state index is 12.5. The molecule has 2 aliphatic heterocycles. The highest BCUT2D eigenvalue weighted by atomic mass is 16.2. The standard InChI is InChI=1S/C18H27N3O/c1-16-7-5-6-10-21(16)18(22)15-19-11-13-20(14-12-19)17-8-3-2-4-9-17/h2-4,8-9,16H,5-7,10-15H2,1H3/t16-/m0/s1. The van der Waals surface area contributed by atoms with Crippen LogP contribution in [0.3, 0.4) is 0 Å². The lowest BCUT2D eigenvalue weighted by Crippen LogP contribution is -2.52. The summed E-state index contributed by atoms with van der Waals surface area (Å²) in [7, 11) is 0. The number of piperazine rings is 1. The second-order valence-corrected chi connectivity index (χ2v) is 6.53. The maximum Gasteiger partial charge on any atom is 0.236 e. The van der Waals surface area contributed by atoms with Crippen molar-refractivity contribution in [2.24, 2.45) is 0 Å². The molecule has 1 aromatic rings. The van der Waals surface area contributed by atoms with E-state index in [0.717, 1.165) is 45.6 Å². The van der Waals surface area contributed by atoms with Gasteiger partial charge in [0.1, 0.15) is 0 Å². The highest BCUT2D eigenvalue weighted by Crippen LogP contribution is 2.18. The van der Waals surface area contributed by atoms with E-state index in [-0.39, 0.29) is 0 Å². The molecular formula is C18H27N3O. The van der Waals surface area contributed by atoms with E-state index in [2.05, 4.69) is 52.0 Å². The summed E-state index contributed by atoms with van der Waals surface area (Å²) < 4.78 is 0. The third-order valence-electron chi connectivity index (χ3n) is 4.98. The Morgan fingerprint density at radius 2 is 1.77 bits per heavy atom. The average Bonchev–Trinajstić information content (AvgIpc) is 2.57. The van der Waals surface area contributed by atoms with Gasteiger partial charge in [0, 0.05) is 44.5 Å². The third kappa shape index (κ3) is 3.61. The molecule has 2 saturated heterocycles. The Bertz CT molecular complexity index is 482. The van der Waals surface area contributed by atoms with Gasteiger partial charge in [-0.2, -0.15) is 0 Å². The van der Waals surface area contributed by atoms with E-state index in [1.165, 1.54) is 12.1 Å². The van der Waals surface area contributed by atoms with Gasteiger partial charge in [-0.15, -0.1) is 0 Å². The number of amides is 1. The Morgan fingerprint density at radius 1 is 1.05 bits per heavy atom. The molecule has 0 aliphatic carbocycles. The second kappa shape index (κ2) is 7.14. The van der Waals surface area contributed by atoms with E-state index < -0.39 is 0 Å². The minimum Gasteiger partial charge on any atom is -0.369 e. The molecule has 1 aromatic carbocycles. The fraction of sp³-hybridized carbons (Fsp3) is 0.611. The van der Waals surface area contributed by atoms with Gasteiger partial charge in [0.25, 0.3) is 0 Å². The maximum atomic E-state index is 12.5. The number of nitrogens with zero attached hydrogens (tertiary/aromatic N) is 3. The fourth-order valence-electron chi connectivity index (χ4n) is 3.55. The van der Waals surface area contributed by atoms with Crippen LogP contribution in [0.4, 0.5) is 5.69 Å². The van der Waals surface area contributed by atoms with Crippen LogP contribution in [0, 0.1) is 0 Å². The van der Waals surface area contributed by atoms with Crippen molar-refractivity contribution >= 4 is 11.6 Å². The van der Waals surface area contributed by atoms with Gasteiger partial charge in [-0.05, 0) is 38.3 Å². The van der Waals surface area contributed by atoms with Crippen LogP contribution in [-0.2, 0) is 4.79 Å². The summed E-state index contributed by atoms with van der Waals surface area (Å²) in [6.07, 6.45) is 3.59. The van der Waals surface area contributed by atoms with Crippen LogP contribution in [-0.4, -0.2) is 61.0 Å². The van der Waals surface area contributed by atoms with Gasteiger partial charge in [-0.25, -0.2) is 0 Å². The molecule has 0 radical (unpaired) electrons. The van der Waals surface area contributed by atoms with Crippen molar-refractivity contribution in [2.45, 2.75) is 32.2 Å². The monoisotopic (exact) mass is 301 g/mol. The van der Waals surface area contributed by atoms with E-state index in [9.17, 15) is 4.79 Å². The van der Waals surface area contributed by atoms with Crippen LogP contribution in [0.2, 0.25) is 0 Å². The van der Waals surface area contributed by atoms with Crippen molar-refractivity contribution in [1.82, 2.24) is 9.80 Å². The van der Waals surface area contributed by atoms with Gasteiger partial charge in [0.15, 0.2) is 0 Å². The molecule has 0 N–H and O–H groups in total. The lowest BCUT2D eigenvalue weighted by atomic mass is 10.0. The first kappa shape index (κ1) is 15.3. The number of rotatable bonds is 3. The van der Waals surface area contributed by atoms with Crippen LogP contribution in [0.25, 0.3) is 0 Å². The summed E-state index contributed by atoms with van der Waals surface area (Å²) in [6, 6.07) is 11.0. The van der Waals surface area contributed by atoms with Gasteiger partial charge in [0.05, 0.1) is 6.54 Å². The number of piperidine rings is 1. The minimum absolute atomic E-state index is 0.320. The summed E-state index contributed by atoms with van der Waals surface area (Å²) in [5.74, 6) is 0.320. The zero-order chi connectivity index (χ0) is 15.4. The molecule has 120 valence electrons. The first-order valence-corrected chi connectivity index (χ1v) is 8.56. The molecule has 2 fully saturated rings. The molecule has 1 atom stereocenters. The van der Waals surface area contributed by atoms with Crippen LogP contribution < -0.4 is 4.90 Å². The average molecular weight is 301 g/mol. The molecule has 2 heterocycles. The lowest BCUT2D eigenvalue weighted by molar-refractivity contribution is -0.135. The van der Waals surface area contributed by atoms with E-state index in [4.69, 9.17) is 0 Å². The summed E-state index contributed by atoms with van der Waals surface area (Å²) in [4.78, 5) is 19.3. The van der Waals surface area contributed by atoms with Gasteiger partial charge in [-0.1, -0.05) is 18.2 Å². The van der Waals surface area contributed by atoms with Crippen LogP contribution in [0.1, 0.15) is 26.2 Å². The van der Waals surface area contributed by atoms with Crippen molar-refractivity contribution in [3.8, 4) is 0 Å². The molecule has 22 heavy (non-hydrogen) atoms. The zero-order valence-electron chi connectivity index (χ0n) is 13.6. The molecular weight excluding hydrogens is 274 g/mol. The molecule has 0 spiro atoms. The van der Waals surface area contributed by atoms with Crippen molar-refractivity contribution < 1.29 is 4.79 Å². The predicted octanol–water partition coefficient (Wildman–Crippen LogP) is 2.21. The summed E-state index contributed by atoms with van der Waals surface area (Å²) in [5, 5.41) is 0. The second-order valence-electron chi connectivity index (χ2n) is 6.53. The first-order chi connectivity index (χ1) is 10.7. The molecule has 1 amide bonds. The van der Waals surface area contributed by atoms with Crippen molar-refractivity contribution in [3.05, 3.63) is 30.3 Å². The topological polar surface area (TPSA) is 26.8 Å². The number of anilines is 1. The quantitative estimate of drug-likeness (QED) is 0.856. The Balaban J connectivity index is 1.48. The highest BCUT2D eigenvalue weighted by Gasteiger charge is 2.26. The highest BCUT2D eigenvalue weighted by molar-refractivity contribution is 5.78. The van der Waals surface area contributed by atoms with Gasteiger partial charge in [-0.3, -0.25) is 9.69 Å². The largest absolute Gasteiger partial charge is 0.369 e. The fourth-order valence-corrected chi connectivity index (χ4v) is 3.55. The van der Waals surface area contributed by atoms with E-state index >= 15 is 0 Å². The van der Waals surface area contributed by atoms with Gasteiger partial charge >= 0.3 is 0 Å². The van der Waals surface area contributed by atoms with Gasteiger partial charge < -0.3 is 9.80 Å². The van der Waals surface area contributed by atoms with Crippen LogP contribution in [0.5, 0.6) is 0 Å². The number of carbonyl (C=O) groups excluding carboxylic acids is 1. The van der Waals surface area contributed by atoms with Crippen molar-refractivity contribution in [3.63, 3.8) is 0 Å². The minimum atomic E-state index is 0.320. The van der Waals surface area contributed by atoms with E-state index in [1.807, 2.05) is 0 Å². The Morgan fingerprint density at radius 3 is 2.45 bits per heavy atom. The zero-order valence-corrected chi connectivity index (χ0v) is 13.6. The SMILES string of the molecule is C[C@H]1CCCCN1C(=O)CN1CCN(c2ccccc2)CC1. The predicted molar refractivity (Wildman–Crippen MR) is 90.1 cm³/mol. The van der Waals surface area contributed by atoms with E-state index in [0.29, 0.717) is 18.5 Å². The lowest BCUT2D eigenvalue weighted by Gasteiger charge is -2.38. The Labute approximate surface area is 133 Å². The number of carbonyl (C=O) groups is 1. The smallest absolute Gasteiger partial charge is 0.236 e. The molecule has 0 aromatic heterocycles. The number of likely N-dealkylation sites (tertiary alicyclic amines) is 1. The molecule has 4 nitrogen and oxygen atoms in total. The molecule has 0 unspecified atom stereocenters. The number of para-hydroxylation sites is 1. The van der Waals surface area contributed by atoms with Gasteiger partial charge in [0.2, 0.25) is 5.91 Å². The molecule has 2 aliphatic rings. The Hall–Kier alpha value is -1.55. The van der Waals surface area contributed by atoms with Crippen molar-refractivity contribution in [2.75, 3.05) is 44.2 Å². The molecule has 3 rings (SSSR count). The third-order valence-corrected chi connectivity index (χ3v) is 4.98.